The van der Waals surface area contributed by atoms with E-state index in [0.717, 1.165) is 4.31 Å². The van der Waals surface area contributed by atoms with Crippen molar-refractivity contribution in [3.8, 4) is 11.6 Å². The van der Waals surface area contributed by atoms with Crippen molar-refractivity contribution in [2.24, 2.45) is 0 Å². The molecular formula is C21H29N5O9S. The van der Waals surface area contributed by atoms with Crippen molar-refractivity contribution in [3.05, 3.63) is 24.4 Å². The number of nitrogens with zero attached hydrogens (tertiary/aromatic N) is 3. The molecule has 0 bridgehead atoms. The zero-order valence-electron chi connectivity index (χ0n) is 20.0. The molecule has 1 aliphatic rings. The van der Waals surface area contributed by atoms with Crippen molar-refractivity contribution < 1.29 is 42.8 Å². The molecule has 1 unspecified atom stereocenters. The molecule has 0 saturated carbocycles. The average molecular weight is 528 g/mol. The van der Waals surface area contributed by atoms with E-state index in [2.05, 4.69) is 15.7 Å². The van der Waals surface area contributed by atoms with Gasteiger partial charge in [-0.2, -0.15) is 0 Å². The molecular weight excluding hydrogens is 498 g/mol. The summed E-state index contributed by atoms with van der Waals surface area (Å²) in [5.41, 5.74) is -1.48. The van der Waals surface area contributed by atoms with Crippen molar-refractivity contribution in [1.82, 2.24) is 15.1 Å². The van der Waals surface area contributed by atoms with E-state index in [1.165, 1.54) is 42.9 Å². The first kappa shape index (κ1) is 27.0. The molecule has 14 nitrogen and oxygen atoms in total. The van der Waals surface area contributed by atoms with Gasteiger partial charge in [-0.25, -0.2) is 13.2 Å². The molecule has 1 aromatic heterocycles. The Kier molecular flexibility index (Phi) is 7.96. The Bertz CT molecular complexity index is 1220. The third-order valence-corrected chi connectivity index (χ3v) is 6.87. The zero-order chi connectivity index (χ0) is 26.7. The number of sulfonamides is 1. The molecule has 15 heteroatoms. The lowest BCUT2D eigenvalue weighted by Gasteiger charge is -2.35. The lowest BCUT2D eigenvalue weighted by molar-refractivity contribution is -0.136. The number of rotatable bonds is 10. The van der Waals surface area contributed by atoms with Crippen LogP contribution in [0.3, 0.4) is 0 Å². The van der Waals surface area contributed by atoms with Crippen LogP contribution in [0.5, 0.6) is 11.6 Å². The van der Waals surface area contributed by atoms with E-state index in [-0.39, 0.29) is 54.2 Å². The third-order valence-electron chi connectivity index (χ3n) is 5.11. The summed E-state index contributed by atoms with van der Waals surface area (Å²) in [5.74, 6) is -0.745. The summed E-state index contributed by atoms with van der Waals surface area (Å²) in [4.78, 5) is 23.0. The number of carbonyl (C=O) groups excluding carboxylic acids is 1. The number of aliphatic hydroxyl groups excluding tert-OH is 1. The van der Waals surface area contributed by atoms with Gasteiger partial charge in [-0.05, 0) is 39.0 Å². The van der Waals surface area contributed by atoms with Crippen molar-refractivity contribution in [2.75, 3.05) is 35.9 Å². The first-order chi connectivity index (χ1) is 16.9. The first-order valence-electron chi connectivity index (χ1n) is 11.0. The lowest BCUT2D eigenvalue weighted by Crippen LogP contribution is -2.51. The highest BCUT2D eigenvalue weighted by atomic mass is 32.2. The second-order valence-corrected chi connectivity index (χ2v) is 10.2. The van der Waals surface area contributed by atoms with Gasteiger partial charge >= 0.3 is 6.09 Å². The maximum absolute atomic E-state index is 13.9. The number of anilines is 2. The number of hydrogen-bond acceptors (Lipinski definition) is 9. The van der Waals surface area contributed by atoms with Gasteiger partial charge in [0.2, 0.25) is 0 Å². The number of ether oxygens (including phenoxy) is 2. The maximum Gasteiger partial charge on any atom is 0.409 e. The fourth-order valence-corrected chi connectivity index (χ4v) is 4.93. The minimum absolute atomic E-state index is 0.0590. The van der Waals surface area contributed by atoms with E-state index in [9.17, 15) is 23.1 Å². The summed E-state index contributed by atoms with van der Waals surface area (Å²) >= 11 is 0. The van der Waals surface area contributed by atoms with Gasteiger partial charge in [-0.1, -0.05) is 0 Å². The van der Waals surface area contributed by atoms with Crippen molar-refractivity contribution in [3.63, 3.8) is 0 Å². The molecule has 2 aromatic rings. The molecule has 5 N–H and O–H groups in total. The topological polar surface area (TPSA) is 193 Å². The van der Waals surface area contributed by atoms with Crippen LogP contribution in [0.25, 0.3) is 0 Å². The molecule has 198 valence electrons. The van der Waals surface area contributed by atoms with Crippen molar-refractivity contribution >= 4 is 33.4 Å². The number of aryl methyl sites for hydroxylation is 1. The van der Waals surface area contributed by atoms with E-state index < -0.39 is 33.7 Å². The fourth-order valence-electron chi connectivity index (χ4n) is 3.36. The molecule has 2 amide bonds. The molecule has 0 spiro atoms. The Morgan fingerprint density at radius 1 is 1.33 bits per heavy atom. The summed E-state index contributed by atoms with van der Waals surface area (Å²) in [6.45, 7) is 3.82. The van der Waals surface area contributed by atoms with Crippen LogP contribution >= 0.6 is 0 Å². The van der Waals surface area contributed by atoms with Gasteiger partial charge in [0, 0.05) is 18.4 Å². The number of carbonyl (C=O) groups is 2. The Morgan fingerprint density at radius 3 is 2.67 bits per heavy atom. The van der Waals surface area contributed by atoms with Crippen molar-refractivity contribution in [2.45, 2.75) is 43.9 Å². The number of hydrogen-bond donors (Lipinski definition) is 5. The van der Waals surface area contributed by atoms with Crippen LogP contribution in [-0.4, -0.2) is 83.5 Å². The van der Waals surface area contributed by atoms with Crippen LogP contribution in [0, 0.1) is 0 Å². The lowest BCUT2D eigenvalue weighted by atomic mass is 10.1. The highest BCUT2D eigenvalue weighted by molar-refractivity contribution is 7.93. The highest BCUT2D eigenvalue weighted by Gasteiger charge is 2.38. The van der Waals surface area contributed by atoms with Crippen LogP contribution in [-0.2, 0) is 21.4 Å². The fraction of sp³-hybridized carbons (Fsp3) is 0.476. The molecule has 2 heterocycles. The second-order valence-electron chi connectivity index (χ2n) is 8.38. The Morgan fingerprint density at radius 2 is 2.06 bits per heavy atom. The predicted molar refractivity (Wildman–Crippen MR) is 127 cm³/mol. The van der Waals surface area contributed by atoms with Gasteiger partial charge in [0.1, 0.15) is 24.1 Å². The summed E-state index contributed by atoms with van der Waals surface area (Å²) in [6, 6.07) is 4.12. The molecule has 0 fully saturated rings. The number of carboxylic acid groups (broad SMARTS) is 1. The number of aliphatic hydroxyl groups is 2. The van der Waals surface area contributed by atoms with Crippen LogP contribution in [0.1, 0.15) is 20.8 Å². The van der Waals surface area contributed by atoms with Crippen LogP contribution < -0.4 is 24.4 Å². The average Bonchev–Trinajstić information content (AvgIpc) is 3.24. The normalized spacial score (nSPS) is 15.6. The van der Waals surface area contributed by atoms with Gasteiger partial charge < -0.3 is 30.1 Å². The van der Waals surface area contributed by atoms with Gasteiger partial charge in [-0.15, -0.1) is 5.10 Å². The third kappa shape index (κ3) is 5.98. The molecule has 1 aliphatic heterocycles. The van der Waals surface area contributed by atoms with Crippen LogP contribution in [0.2, 0.25) is 0 Å². The van der Waals surface area contributed by atoms with E-state index in [1.54, 1.807) is 6.92 Å². The van der Waals surface area contributed by atoms with Gasteiger partial charge in [0.15, 0.2) is 4.90 Å². The molecule has 0 aliphatic carbocycles. The second kappa shape index (κ2) is 10.6. The Hall–Kier alpha value is -3.56. The molecule has 1 aromatic carbocycles. The monoisotopic (exact) mass is 527 g/mol. The number of amides is 2. The van der Waals surface area contributed by atoms with Gasteiger partial charge in [0.05, 0.1) is 25.4 Å². The molecule has 0 radical (unpaired) electrons. The van der Waals surface area contributed by atoms with E-state index in [1.807, 2.05) is 0 Å². The van der Waals surface area contributed by atoms with E-state index >= 15 is 0 Å². The number of aromatic nitrogens is 2. The maximum atomic E-state index is 13.9. The van der Waals surface area contributed by atoms with Crippen LogP contribution in [0.4, 0.5) is 16.2 Å². The highest BCUT2D eigenvalue weighted by Crippen LogP contribution is 2.40. The van der Waals surface area contributed by atoms with Crippen LogP contribution in [0.15, 0.2) is 29.3 Å². The number of benzene rings is 1. The smallest absolute Gasteiger partial charge is 0.409 e. The minimum Gasteiger partial charge on any atom is -0.484 e. The van der Waals surface area contributed by atoms with E-state index in [0.29, 0.717) is 6.54 Å². The predicted octanol–water partition coefficient (Wildman–Crippen LogP) is 0.207. The molecule has 36 heavy (non-hydrogen) atoms. The molecule has 1 atom stereocenters. The SMILES string of the molecule is CCn1cc(S(=O)(=O)N2CC(CNC(=O)C(C)(C)O)Oc3ccc(NC(=O)O)cc32)c(OCCO)n1. The molecule has 3 rings (SSSR count). The molecule has 0 saturated heterocycles. The largest absolute Gasteiger partial charge is 0.484 e. The summed E-state index contributed by atoms with van der Waals surface area (Å²) in [7, 11) is -4.34. The Labute approximate surface area is 207 Å². The van der Waals surface area contributed by atoms with Gasteiger partial charge in [0.25, 0.3) is 21.8 Å². The van der Waals surface area contributed by atoms with Gasteiger partial charge in [-0.3, -0.25) is 19.1 Å². The quantitative estimate of drug-likeness (QED) is 0.285. The summed E-state index contributed by atoms with van der Waals surface area (Å²) in [6.07, 6.45) is -0.890. The number of fused-ring (bicyclic) bond motifs is 1. The minimum atomic E-state index is -4.34. The standard InChI is InChI=1S/C21H29N5O9S/c1-4-25-12-17(18(24-25)34-8-7-27)36(32,33)26-11-14(10-22-19(28)21(2,3)31)35-16-6-5-13(9-15(16)26)23-20(29)30/h5-6,9,12,14,23,27,31H,4,7-8,10-11H2,1-3H3,(H,22,28)(H,29,30). The number of nitrogens with one attached hydrogen (secondary N) is 2. The Balaban J connectivity index is 2.03. The zero-order valence-corrected chi connectivity index (χ0v) is 20.8. The first-order valence-corrected chi connectivity index (χ1v) is 12.5. The van der Waals surface area contributed by atoms with Crippen molar-refractivity contribution in [1.29, 1.82) is 0 Å². The van der Waals surface area contributed by atoms with E-state index in [4.69, 9.17) is 19.7 Å². The summed E-state index contributed by atoms with van der Waals surface area (Å²) in [5, 5.41) is 36.9. The summed E-state index contributed by atoms with van der Waals surface area (Å²) < 4.78 is 41.3.